The molecule has 0 unspecified atom stereocenters. The number of nitrogens with one attached hydrogen (secondary N) is 5. The van der Waals surface area contributed by atoms with E-state index in [1.165, 1.54) is 34.7 Å². The summed E-state index contributed by atoms with van der Waals surface area (Å²) in [4.78, 5) is 29.1. The van der Waals surface area contributed by atoms with E-state index in [4.69, 9.17) is 5.73 Å². The van der Waals surface area contributed by atoms with Gasteiger partial charge in [-0.25, -0.2) is 0 Å². The summed E-state index contributed by atoms with van der Waals surface area (Å²) in [6.07, 6.45) is 5.97. The maximum atomic E-state index is 10.6. The first-order valence-electron chi connectivity index (χ1n) is 17.7. The summed E-state index contributed by atoms with van der Waals surface area (Å²) in [7, 11) is 1.93. The number of rotatable bonds is 12. The molecule has 4 rings (SSSR count). The van der Waals surface area contributed by atoms with Gasteiger partial charge >= 0.3 is 0 Å². The first-order valence-corrected chi connectivity index (χ1v) is 17.7. The number of aromatic nitrogens is 2. The van der Waals surface area contributed by atoms with E-state index in [2.05, 4.69) is 94.6 Å². The van der Waals surface area contributed by atoms with Gasteiger partial charge in [0.1, 0.15) is 5.69 Å². The van der Waals surface area contributed by atoms with Crippen LogP contribution in [0.4, 0.5) is 5.82 Å². The first kappa shape index (κ1) is 54.5. The molecule has 5 N–H and O–H groups in total. The van der Waals surface area contributed by atoms with Crippen molar-refractivity contribution in [2.45, 2.75) is 82.8 Å². The fourth-order valence-corrected chi connectivity index (χ4v) is 4.47. The fraction of sp³-hybridized carbons (Fsp3) is 0.386. The number of nitrogens with zero attached hydrogens (tertiary/aromatic N) is 2. The molecule has 0 saturated carbocycles. The smallest absolute Gasteiger partial charge is 0.216 e. The third-order valence-electron chi connectivity index (χ3n) is 7.60. The van der Waals surface area contributed by atoms with Crippen LogP contribution in [0.25, 0.3) is 16.9 Å². The van der Waals surface area contributed by atoms with E-state index >= 15 is 0 Å². The minimum Gasteiger partial charge on any atom is -0.482 e. The van der Waals surface area contributed by atoms with E-state index in [0.717, 1.165) is 48.2 Å². The summed E-state index contributed by atoms with van der Waals surface area (Å²) >= 11 is 0. The molecule has 9 nitrogen and oxygen atoms in total. The molecule has 10 heteroatoms. The van der Waals surface area contributed by atoms with Crippen molar-refractivity contribution in [1.82, 2.24) is 31.2 Å². The quantitative estimate of drug-likeness (QED) is 0.0487. The van der Waals surface area contributed by atoms with E-state index < -0.39 is 0 Å². The predicted molar refractivity (Wildman–Crippen MR) is 226 cm³/mol. The van der Waals surface area contributed by atoms with Crippen molar-refractivity contribution in [1.29, 1.82) is 0 Å². The van der Waals surface area contributed by atoms with E-state index in [1.54, 1.807) is 30.6 Å². The Balaban J connectivity index is -0.000000662. The molecule has 293 valence electrons. The molecule has 1 radical (unpaired) electrons. The number of carbonyl (C=O) groups excluding carboxylic acids is 2. The maximum absolute atomic E-state index is 10.6. The molecule has 0 saturated heterocycles. The Hall–Kier alpha value is -3.82. The first-order chi connectivity index (χ1) is 25.0. The van der Waals surface area contributed by atoms with Crippen molar-refractivity contribution in [3.8, 4) is 11.1 Å². The Kier molecular flexibility index (Phi) is 34.1. The standard InChI is InChI=1S/C15H15.C12H17N3O2.C10H17N4.C4H6.C2H6.CH4.Y/c1-11-8-6-10-15(13(11)3)14-9-5-4-7-12(14)2;1-9-5-12(8-16)15-7-11(9)6-13-3-4-14-10(2)17;1-8-5-10(11)14-7-9(8)6-13-4-3-12-2;1-3-4-2;1-2;;/h4-6,8-10H,1-3H3;5,7-8,13H,3-4,6H2,1-2H3,(H,14,17);5,7,12-13H,3-4,6H2,1-2H3,(H-,11,14);4H,1H2,2H3;1-2H3;1H4;/q-1;;-1;;;;. The van der Waals surface area contributed by atoms with Crippen molar-refractivity contribution in [2.24, 2.45) is 0 Å². The summed E-state index contributed by atoms with van der Waals surface area (Å²) in [5, 5.41) is 12.3. The van der Waals surface area contributed by atoms with Crippen LogP contribution >= 0.6 is 0 Å². The van der Waals surface area contributed by atoms with Crippen LogP contribution < -0.4 is 21.3 Å². The Bertz CT molecular complexity index is 1670. The van der Waals surface area contributed by atoms with Gasteiger partial charge < -0.3 is 32.0 Å². The van der Waals surface area contributed by atoms with Gasteiger partial charge in [0.05, 0.1) is 0 Å². The van der Waals surface area contributed by atoms with Gasteiger partial charge in [-0.3, -0.25) is 14.6 Å². The Morgan fingerprint density at radius 3 is 1.93 bits per heavy atom. The van der Waals surface area contributed by atoms with Gasteiger partial charge in [-0.1, -0.05) is 82.2 Å². The molecule has 1 amide bonds. The number of allylic oxidation sites excluding steroid dienone is 1. The SMILES string of the molecule is C.C=C=CC.CC.CC(=O)NCCNCc1cnc(C=O)cc1C.CNCCNCc1cnc([NH-])cc1C.Cc1[c-]cccc1-c1cccc(C)c1C.[Y]. The third-order valence-corrected chi connectivity index (χ3v) is 7.60. The van der Waals surface area contributed by atoms with Crippen LogP contribution in [0.1, 0.15) is 84.6 Å². The molecule has 2 aromatic heterocycles. The minimum absolute atomic E-state index is 0. The van der Waals surface area contributed by atoms with Crippen LogP contribution in [-0.4, -0.2) is 55.4 Å². The normalized spacial score (nSPS) is 9.15. The van der Waals surface area contributed by atoms with Crippen molar-refractivity contribution in [2.75, 3.05) is 33.2 Å². The molecule has 0 fully saturated rings. The second-order valence-corrected chi connectivity index (χ2v) is 11.5. The second kappa shape index (κ2) is 33.7. The summed E-state index contributed by atoms with van der Waals surface area (Å²) < 4.78 is 0. The summed E-state index contributed by atoms with van der Waals surface area (Å²) in [6, 6.07) is 19.4. The minimum atomic E-state index is -0.0278. The van der Waals surface area contributed by atoms with Crippen LogP contribution in [0.2, 0.25) is 0 Å². The van der Waals surface area contributed by atoms with Crippen molar-refractivity contribution < 1.29 is 42.3 Å². The molecule has 2 aromatic carbocycles. The van der Waals surface area contributed by atoms with E-state index in [9.17, 15) is 9.59 Å². The molecule has 2 heterocycles. The molecule has 0 aliphatic carbocycles. The van der Waals surface area contributed by atoms with Gasteiger partial charge in [0, 0.05) is 85.1 Å². The molecular formula is C44H65N7O2Y-2. The molecule has 4 aromatic rings. The molecule has 0 atom stereocenters. The van der Waals surface area contributed by atoms with E-state index in [-0.39, 0.29) is 46.0 Å². The van der Waals surface area contributed by atoms with E-state index in [1.807, 2.05) is 53.8 Å². The number of benzene rings is 2. The second-order valence-electron chi connectivity index (χ2n) is 11.5. The number of aldehydes is 1. The molecule has 54 heavy (non-hydrogen) atoms. The van der Waals surface area contributed by atoms with Crippen molar-refractivity contribution in [3.63, 3.8) is 0 Å². The molecular weight excluding hydrogens is 747 g/mol. The number of hydrogen-bond acceptors (Lipinski definition) is 7. The number of hydrogen-bond donors (Lipinski definition) is 4. The number of aryl methyl sites for hydroxylation is 4. The molecule has 0 aliphatic heterocycles. The zero-order valence-corrected chi connectivity index (χ0v) is 36.5. The van der Waals surface area contributed by atoms with Crippen molar-refractivity contribution >= 4 is 18.0 Å². The monoisotopic (exact) mass is 812 g/mol. The van der Waals surface area contributed by atoms with Gasteiger partial charge in [0.25, 0.3) is 0 Å². The van der Waals surface area contributed by atoms with Crippen molar-refractivity contribution in [3.05, 3.63) is 136 Å². The largest absolute Gasteiger partial charge is 0.482 e. The number of likely N-dealkylation sites (N-methyl/N-ethyl adjacent to an activating group) is 1. The van der Waals surface area contributed by atoms with Crippen LogP contribution in [0.15, 0.2) is 79.3 Å². The van der Waals surface area contributed by atoms with Gasteiger partial charge in [-0.2, -0.15) is 29.8 Å². The fourth-order valence-electron chi connectivity index (χ4n) is 4.47. The number of carbonyl (C=O) groups is 2. The van der Waals surface area contributed by atoms with Crippen LogP contribution in [-0.2, 0) is 50.6 Å². The molecule has 0 aliphatic rings. The average Bonchev–Trinajstić information content (AvgIpc) is 3.14. The van der Waals surface area contributed by atoms with Crippen LogP contribution in [0.3, 0.4) is 0 Å². The molecule has 0 bridgehead atoms. The summed E-state index contributed by atoms with van der Waals surface area (Å²) in [6.45, 7) is 25.8. The van der Waals surface area contributed by atoms with Crippen LogP contribution in [0.5, 0.6) is 0 Å². The number of amides is 1. The molecule has 0 spiro atoms. The Labute approximate surface area is 352 Å². The summed E-state index contributed by atoms with van der Waals surface area (Å²) in [5.41, 5.74) is 21.3. The van der Waals surface area contributed by atoms with Gasteiger partial charge in [0.15, 0.2) is 6.29 Å². The number of pyridine rings is 2. The predicted octanol–water partition coefficient (Wildman–Crippen LogP) is 8.90. The topological polar surface area (TPSA) is 132 Å². The zero-order chi connectivity index (χ0) is 39.3. The van der Waals surface area contributed by atoms with Gasteiger partial charge in [-0.05, 0) is 81.6 Å². The van der Waals surface area contributed by atoms with Gasteiger partial charge in [-0.15, -0.1) is 11.3 Å². The van der Waals surface area contributed by atoms with Gasteiger partial charge in [0.2, 0.25) is 5.91 Å². The van der Waals surface area contributed by atoms with Crippen LogP contribution in [0, 0.1) is 40.7 Å². The third kappa shape index (κ3) is 23.1. The summed E-state index contributed by atoms with van der Waals surface area (Å²) in [5.74, 6) is 0.307. The Morgan fingerprint density at radius 1 is 0.870 bits per heavy atom. The van der Waals surface area contributed by atoms with E-state index in [0.29, 0.717) is 31.1 Å². The zero-order valence-electron chi connectivity index (χ0n) is 33.7. The Morgan fingerprint density at radius 2 is 1.43 bits per heavy atom. The maximum Gasteiger partial charge on any atom is 0.216 e. The average molecular weight is 813 g/mol.